The molecule has 28 heavy (non-hydrogen) atoms. The van der Waals surface area contributed by atoms with Gasteiger partial charge in [0.15, 0.2) is 5.76 Å². The second-order valence-electron chi connectivity index (χ2n) is 6.25. The smallest absolute Gasteiger partial charge is 0.360 e. The lowest BCUT2D eigenvalue weighted by Gasteiger charge is -2.18. The molecular weight excluding hydrogens is 399 g/mol. The van der Waals surface area contributed by atoms with Crippen LogP contribution in [0.4, 0.5) is 13.2 Å². The topological polar surface area (TPSA) is 92.5 Å². The van der Waals surface area contributed by atoms with Crippen LogP contribution in [0.15, 0.2) is 33.7 Å². The largest absolute Gasteiger partial charge is 0.416 e. The monoisotopic (exact) mass is 419 g/mol. The molecule has 0 radical (unpaired) electrons. The molecule has 0 saturated carbocycles. The van der Waals surface area contributed by atoms with Gasteiger partial charge in [-0.25, -0.2) is 13.1 Å². The van der Waals surface area contributed by atoms with E-state index in [9.17, 15) is 26.4 Å². The lowest BCUT2D eigenvalue weighted by Crippen LogP contribution is -2.32. The molecule has 154 valence electrons. The summed E-state index contributed by atoms with van der Waals surface area (Å²) in [6.07, 6.45) is -4.53. The van der Waals surface area contributed by atoms with Gasteiger partial charge in [0.05, 0.1) is 5.56 Å². The van der Waals surface area contributed by atoms with E-state index >= 15 is 0 Å². The minimum absolute atomic E-state index is 0.0574. The summed E-state index contributed by atoms with van der Waals surface area (Å²) < 4.78 is 69.4. The molecule has 0 unspecified atom stereocenters. The van der Waals surface area contributed by atoms with Crippen LogP contribution in [0.3, 0.4) is 0 Å². The van der Waals surface area contributed by atoms with E-state index in [0.29, 0.717) is 5.56 Å². The van der Waals surface area contributed by atoms with Crippen LogP contribution in [0.1, 0.15) is 29.0 Å². The fraction of sp³-hybridized carbons (Fsp3) is 0.412. The van der Waals surface area contributed by atoms with Crippen molar-refractivity contribution in [3.05, 3.63) is 46.8 Å². The Balaban J connectivity index is 1.89. The molecule has 0 fully saturated rings. The number of amides is 1. The number of rotatable bonds is 7. The molecule has 2 aromatic rings. The molecule has 0 atom stereocenters. The lowest BCUT2D eigenvalue weighted by atomic mass is 10.1. The SMILES string of the molecule is Cc1noc(C)c1S(=O)(=O)NCCC(=O)N(C)Cc1ccc(C(F)(F)F)cc1. The predicted molar refractivity (Wildman–Crippen MR) is 93.7 cm³/mol. The van der Waals surface area contributed by atoms with E-state index in [-0.39, 0.29) is 41.8 Å². The Bertz CT molecular complexity index is 918. The normalized spacial score (nSPS) is 12.2. The molecule has 1 N–H and O–H groups in total. The summed E-state index contributed by atoms with van der Waals surface area (Å²) >= 11 is 0. The molecular formula is C17H20F3N3O4S. The Hall–Kier alpha value is -2.40. The lowest BCUT2D eigenvalue weighted by molar-refractivity contribution is -0.137. The van der Waals surface area contributed by atoms with Gasteiger partial charge in [0.1, 0.15) is 10.6 Å². The molecule has 1 heterocycles. The number of halogens is 3. The molecule has 1 aromatic heterocycles. The fourth-order valence-electron chi connectivity index (χ4n) is 2.57. The number of carbonyl (C=O) groups excluding carboxylic acids is 1. The molecule has 11 heteroatoms. The van der Waals surface area contributed by atoms with Gasteiger partial charge >= 0.3 is 6.18 Å². The Morgan fingerprint density at radius 2 is 1.82 bits per heavy atom. The highest BCUT2D eigenvalue weighted by Gasteiger charge is 2.30. The zero-order chi connectivity index (χ0) is 21.1. The predicted octanol–water partition coefficient (Wildman–Crippen LogP) is 2.64. The van der Waals surface area contributed by atoms with Crippen LogP contribution in [0.25, 0.3) is 0 Å². The van der Waals surface area contributed by atoms with E-state index in [1.165, 1.54) is 37.9 Å². The summed E-state index contributed by atoms with van der Waals surface area (Å²) in [5, 5.41) is 3.58. The quantitative estimate of drug-likeness (QED) is 0.745. The molecule has 0 aliphatic heterocycles. The number of nitrogens with zero attached hydrogens (tertiary/aromatic N) is 2. The minimum Gasteiger partial charge on any atom is -0.360 e. The van der Waals surface area contributed by atoms with Crippen molar-refractivity contribution in [2.45, 2.75) is 37.9 Å². The average Bonchev–Trinajstić information content (AvgIpc) is 2.93. The van der Waals surface area contributed by atoms with Gasteiger partial charge in [-0.3, -0.25) is 4.79 Å². The summed E-state index contributed by atoms with van der Waals surface area (Å²) in [6.45, 7) is 2.93. The van der Waals surface area contributed by atoms with Crippen molar-refractivity contribution in [1.29, 1.82) is 0 Å². The fourth-order valence-corrected chi connectivity index (χ4v) is 3.93. The number of benzene rings is 1. The van der Waals surface area contributed by atoms with Crippen LogP contribution in [-0.4, -0.2) is 38.0 Å². The van der Waals surface area contributed by atoms with Gasteiger partial charge in [0, 0.05) is 26.6 Å². The first kappa shape index (κ1) is 21.9. The van der Waals surface area contributed by atoms with E-state index in [2.05, 4.69) is 9.88 Å². The second-order valence-corrected chi connectivity index (χ2v) is 7.95. The third-order valence-electron chi connectivity index (χ3n) is 3.99. The third-order valence-corrected chi connectivity index (χ3v) is 5.70. The van der Waals surface area contributed by atoms with E-state index < -0.39 is 21.8 Å². The number of sulfonamides is 1. The first-order valence-corrected chi connectivity index (χ1v) is 9.73. The summed E-state index contributed by atoms with van der Waals surface area (Å²) in [6, 6.07) is 4.50. The van der Waals surface area contributed by atoms with Crippen molar-refractivity contribution in [3.63, 3.8) is 0 Å². The maximum absolute atomic E-state index is 12.6. The second kappa shape index (κ2) is 8.31. The number of aromatic nitrogens is 1. The molecule has 2 rings (SSSR count). The van der Waals surface area contributed by atoms with Crippen LogP contribution < -0.4 is 4.72 Å². The summed E-state index contributed by atoms with van der Waals surface area (Å²) in [7, 11) is -2.37. The highest BCUT2D eigenvalue weighted by molar-refractivity contribution is 7.89. The van der Waals surface area contributed by atoms with Crippen LogP contribution in [0, 0.1) is 13.8 Å². The van der Waals surface area contributed by atoms with Crippen LogP contribution in [0.5, 0.6) is 0 Å². The zero-order valence-corrected chi connectivity index (χ0v) is 16.3. The number of carbonyl (C=O) groups is 1. The first-order chi connectivity index (χ1) is 12.9. The van der Waals surface area contributed by atoms with Crippen molar-refractivity contribution in [1.82, 2.24) is 14.8 Å². The number of nitrogens with one attached hydrogen (secondary N) is 1. The third kappa shape index (κ3) is 5.32. The van der Waals surface area contributed by atoms with Gasteiger partial charge in [-0.15, -0.1) is 0 Å². The molecule has 0 saturated heterocycles. The van der Waals surface area contributed by atoms with E-state index in [1.807, 2.05) is 0 Å². The van der Waals surface area contributed by atoms with Gasteiger partial charge in [0.2, 0.25) is 15.9 Å². The summed E-state index contributed by atoms with van der Waals surface area (Å²) in [5.74, 6) is -0.211. The van der Waals surface area contributed by atoms with Crippen molar-refractivity contribution in [2.24, 2.45) is 0 Å². The molecule has 0 aliphatic rings. The highest BCUT2D eigenvalue weighted by Crippen LogP contribution is 2.29. The summed E-state index contributed by atoms with van der Waals surface area (Å²) in [4.78, 5) is 13.4. The Morgan fingerprint density at radius 1 is 1.21 bits per heavy atom. The van der Waals surface area contributed by atoms with Crippen molar-refractivity contribution < 1.29 is 30.9 Å². The molecule has 1 amide bonds. The highest BCUT2D eigenvalue weighted by atomic mass is 32.2. The number of hydrogen-bond donors (Lipinski definition) is 1. The molecule has 7 nitrogen and oxygen atoms in total. The average molecular weight is 419 g/mol. The van der Waals surface area contributed by atoms with E-state index in [1.54, 1.807) is 0 Å². The Morgan fingerprint density at radius 3 is 2.32 bits per heavy atom. The standard InChI is InChI=1S/C17H20F3N3O4S/c1-11-16(12(2)27-22-11)28(25,26)21-9-8-15(24)23(3)10-13-4-6-14(7-5-13)17(18,19)20/h4-7,21H,8-10H2,1-3H3. The molecule has 0 aliphatic carbocycles. The molecule has 1 aromatic carbocycles. The number of aryl methyl sites for hydroxylation is 2. The maximum Gasteiger partial charge on any atom is 0.416 e. The van der Waals surface area contributed by atoms with E-state index in [0.717, 1.165) is 12.1 Å². The van der Waals surface area contributed by atoms with Gasteiger partial charge in [0.25, 0.3) is 0 Å². The van der Waals surface area contributed by atoms with Gasteiger partial charge in [-0.05, 0) is 31.5 Å². The zero-order valence-electron chi connectivity index (χ0n) is 15.5. The van der Waals surface area contributed by atoms with Crippen LogP contribution in [0.2, 0.25) is 0 Å². The van der Waals surface area contributed by atoms with Gasteiger partial charge in [-0.2, -0.15) is 13.2 Å². The first-order valence-electron chi connectivity index (χ1n) is 8.24. The van der Waals surface area contributed by atoms with Crippen molar-refractivity contribution >= 4 is 15.9 Å². The van der Waals surface area contributed by atoms with Crippen molar-refractivity contribution in [3.8, 4) is 0 Å². The number of hydrogen-bond acceptors (Lipinski definition) is 5. The van der Waals surface area contributed by atoms with Gasteiger partial charge < -0.3 is 9.42 Å². The van der Waals surface area contributed by atoms with Crippen LogP contribution in [-0.2, 0) is 27.5 Å². The van der Waals surface area contributed by atoms with Crippen molar-refractivity contribution in [2.75, 3.05) is 13.6 Å². The minimum atomic E-state index is -4.42. The number of alkyl halides is 3. The maximum atomic E-state index is 12.6. The molecule has 0 bridgehead atoms. The van der Waals surface area contributed by atoms with E-state index in [4.69, 9.17) is 4.52 Å². The molecule has 0 spiro atoms. The Kier molecular flexibility index (Phi) is 6.50. The Labute approximate surface area is 160 Å². The van der Waals surface area contributed by atoms with Crippen LogP contribution >= 0.6 is 0 Å². The van der Waals surface area contributed by atoms with Gasteiger partial charge in [-0.1, -0.05) is 17.3 Å². The summed E-state index contributed by atoms with van der Waals surface area (Å²) in [5.41, 5.74) is -0.0186.